The summed E-state index contributed by atoms with van der Waals surface area (Å²) >= 11 is 3.34. The summed E-state index contributed by atoms with van der Waals surface area (Å²) in [5.41, 5.74) is 1.47. The topological polar surface area (TPSA) is 85.9 Å². The van der Waals surface area contributed by atoms with Crippen LogP contribution in [0.15, 0.2) is 52.0 Å². The Kier molecular flexibility index (Phi) is 5.99. The van der Waals surface area contributed by atoms with Crippen molar-refractivity contribution in [2.45, 2.75) is 0 Å². The van der Waals surface area contributed by atoms with Crippen molar-refractivity contribution in [3.8, 4) is 11.5 Å². The van der Waals surface area contributed by atoms with Gasteiger partial charge in [-0.1, -0.05) is 15.9 Å². The highest BCUT2D eigenvalue weighted by Crippen LogP contribution is 2.27. The van der Waals surface area contributed by atoms with Crippen LogP contribution in [0.25, 0.3) is 0 Å². The zero-order valence-electron chi connectivity index (χ0n) is 12.5. The van der Waals surface area contributed by atoms with Crippen molar-refractivity contribution in [2.75, 3.05) is 19.0 Å². The van der Waals surface area contributed by atoms with E-state index in [0.717, 1.165) is 10.0 Å². The van der Waals surface area contributed by atoms with Crippen molar-refractivity contribution < 1.29 is 14.3 Å². The number of nitrogens with two attached hydrogens (primary N) is 1. The van der Waals surface area contributed by atoms with Gasteiger partial charge in [-0.15, -0.1) is 0 Å². The normalized spacial score (nSPS) is 10.5. The van der Waals surface area contributed by atoms with E-state index >= 15 is 0 Å². The maximum atomic E-state index is 11.9. The lowest BCUT2D eigenvalue weighted by Gasteiger charge is -2.11. The number of amides is 1. The molecule has 6 nitrogen and oxygen atoms in total. The van der Waals surface area contributed by atoms with E-state index in [1.165, 1.54) is 13.3 Å². The van der Waals surface area contributed by atoms with Gasteiger partial charge in [-0.25, -0.2) is 0 Å². The Morgan fingerprint density at radius 2 is 2.00 bits per heavy atom. The van der Waals surface area contributed by atoms with Gasteiger partial charge >= 0.3 is 0 Å². The molecule has 0 spiro atoms. The summed E-state index contributed by atoms with van der Waals surface area (Å²) in [6.45, 7) is -0.128. The SMILES string of the molecule is COc1cc(C=NN)ccc1OCC(=O)Nc1ccc(Br)cc1. The molecule has 2 aromatic rings. The Morgan fingerprint density at radius 1 is 1.26 bits per heavy atom. The monoisotopic (exact) mass is 377 g/mol. The molecular formula is C16H16BrN3O3. The van der Waals surface area contributed by atoms with E-state index in [2.05, 4.69) is 26.3 Å². The lowest BCUT2D eigenvalue weighted by atomic mass is 10.2. The molecule has 120 valence electrons. The minimum Gasteiger partial charge on any atom is -0.493 e. The van der Waals surface area contributed by atoms with Gasteiger partial charge in [-0.2, -0.15) is 5.10 Å². The van der Waals surface area contributed by atoms with Crippen LogP contribution in [0.4, 0.5) is 5.69 Å². The number of methoxy groups -OCH3 is 1. The number of carbonyl (C=O) groups is 1. The Labute approximate surface area is 142 Å². The van der Waals surface area contributed by atoms with Crippen LogP contribution in [0.1, 0.15) is 5.56 Å². The second-order valence-electron chi connectivity index (χ2n) is 4.53. The highest BCUT2D eigenvalue weighted by atomic mass is 79.9. The molecule has 0 unspecified atom stereocenters. The smallest absolute Gasteiger partial charge is 0.262 e. The zero-order chi connectivity index (χ0) is 16.7. The molecule has 0 aromatic heterocycles. The minimum absolute atomic E-state index is 0.128. The van der Waals surface area contributed by atoms with Gasteiger partial charge in [0, 0.05) is 10.2 Å². The van der Waals surface area contributed by atoms with Gasteiger partial charge < -0.3 is 20.6 Å². The second-order valence-corrected chi connectivity index (χ2v) is 5.45. The van der Waals surface area contributed by atoms with Crippen LogP contribution in [0.2, 0.25) is 0 Å². The fourth-order valence-electron chi connectivity index (χ4n) is 1.84. The number of hydrogen-bond acceptors (Lipinski definition) is 5. The summed E-state index contributed by atoms with van der Waals surface area (Å²) in [6, 6.07) is 12.5. The number of hydrazone groups is 1. The summed E-state index contributed by atoms with van der Waals surface area (Å²) in [5, 5.41) is 6.19. The average molecular weight is 378 g/mol. The molecule has 0 radical (unpaired) electrons. The molecule has 0 fully saturated rings. The fourth-order valence-corrected chi connectivity index (χ4v) is 2.11. The zero-order valence-corrected chi connectivity index (χ0v) is 14.0. The first-order valence-corrected chi connectivity index (χ1v) is 7.51. The van der Waals surface area contributed by atoms with Gasteiger partial charge in [-0.05, 0) is 48.0 Å². The van der Waals surface area contributed by atoms with E-state index in [4.69, 9.17) is 15.3 Å². The molecule has 1 amide bonds. The lowest BCUT2D eigenvalue weighted by Crippen LogP contribution is -2.20. The first kappa shape index (κ1) is 16.8. The molecule has 0 aliphatic rings. The van der Waals surface area contributed by atoms with Crippen LogP contribution >= 0.6 is 15.9 Å². The molecule has 2 aromatic carbocycles. The number of halogens is 1. The van der Waals surface area contributed by atoms with E-state index in [1.807, 2.05) is 12.1 Å². The summed E-state index contributed by atoms with van der Waals surface area (Å²) in [4.78, 5) is 11.9. The van der Waals surface area contributed by atoms with Crippen LogP contribution < -0.4 is 20.6 Å². The molecule has 2 rings (SSSR count). The number of rotatable bonds is 6. The summed E-state index contributed by atoms with van der Waals surface area (Å²) in [7, 11) is 1.52. The van der Waals surface area contributed by atoms with Crippen LogP contribution in [0.3, 0.4) is 0 Å². The van der Waals surface area contributed by atoms with Crippen LogP contribution in [-0.2, 0) is 4.79 Å². The molecule has 0 bridgehead atoms. The van der Waals surface area contributed by atoms with Crippen LogP contribution in [-0.4, -0.2) is 25.8 Å². The molecular weight excluding hydrogens is 362 g/mol. The second kappa shape index (κ2) is 8.19. The largest absolute Gasteiger partial charge is 0.493 e. The van der Waals surface area contributed by atoms with Gasteiger partial charge in [-0.3, -0.25) is 4.79 Å². The third kappa shape index (κ3) is 5.00. The number of carbonyl (C=O) groups excluding carboxylic acids is 1. The molecule has 3 N–H and O–H groups in total. The van der Waals surface area contributed by atoms with Gasteiger partial charge in [0.25, 0.3) is 5.91 Å². The molecule has 0 heterocycles. The number of hydrogen-bond donors (Lipinski definition) is 2. The average Bonchev–Trinajstić information content (AvgIpc) is 2.56. The maximum absolute atomic E-state index is 11.9. The van der Waals surface area contributed by atoms with Crippen LogP contribution in [0, 0.1) is 0 Å². The first-order valence-electron chi connectivity index (χ1n) is 6.72. The van der Waals surface area contributed by atoms with Crippen LogP contribution in [0.5, 0.6) is 11.5 Å². The summed E-state index contributed by atoms with van der Waals surface area (Å²) in [6.07, 6.45) is 1.49. The summed E-state index contributed by atoms with van der Waals surface area (Å²) in [5.74, 6) is 5.81. The van der Waals surface area contributed by atoms with Gasteiger partial charge in [0.05, 0.1) is 13.3 Å². The van der Waals surface area contributed by atoms with Crippen molar-refractivity contribution in [1.82, 2.24) is 0 Å². The van der Waals surface area contributed by atoms with E-state index in [0.29, 0.717) is 17.2 Å². The highest BCUT2D eigenvalue weighted by Gasteiger charge is 2.08. The molecule has 0 saturated heterocycles. The Balaban J connectivity index is 1.97. The minimum atomic E-state index is -0.262. The quantitative estimate of drug-likeness (QED) is 0.460. The summed E-state index contributed by atoms with van der Waals surface area (Å²) < 4.78 is 11.7. The van der Waals surface area contributed by atoms with E-state index in [-0.39, 0.29) is 12.5 Å². The first-order chi connectivity index (χ1) is 11.1. The van der Waals surface area contributed by atoms with Crippen molar-refractivity contribution in [3.05, 3.63) is 52.5 Å². The number of nitrogens with one attached hydrogen (secondary N) is 1. The number of benzene rings is 2. The van der Waals surface area contributed by atoms with Gasteiger partial charge in [0.15, 0.2) is 18.1 Å². The molecule has 0 atom stereocenters. The Morgan fingerprint density at radius 3 is 2.65 bits per heavy atom. The molecule has 7 heteroatoms. The molecule has 0 aliphatic heterocycles. The van der Waals surface area contributed by atoms with E-state index in [9.17, 15) is 4.79 Å². The number of nitrogens with zero attached hydrogens (tertiary/aromatic N) is 1. The predicted octanol–water partition coefficient (Wildman–Crippen LogP) is 2.77. The maximum Gasteiger partial charge on any atom is 0.262 e. The molecule has 0 aliphatic carbocycles. The van der Waals surface area contributed by atoms with Crippen molar-refractivity contribution >= 4 is 33.7 Å². The van der Waals surface area contributed by atoms with Crippen molar-refractivity contribution in [1.29, 1.82) is 0 Å². The van der Waals surface area contributed by atoms with Gasteiger partial charge in [0.2, 0.25) is 0 Å². The third-order valence-corrected chi connectivity index (χ3v) is 3.43. The third-order valence-electron chi connectivity index (χ3n) is 2.90. The highest BCUT2D eigenvalue weighted by molar-refractivity contribution is 9.10. The Hall–Kier alpha value is -2.54. The number of anilines is 1. The predicted molar refractivity (Wildman–Crippen MR) is 93.0 cm³/mol. The fraction of sp³-hybridized carbons (Fsp3) is 0.125. The van der Waals surface area contributed by atoms with Gasteiger partial charge in [0.1, 0.15) is 0 Å². The molecule has 0 saturated carbocycles. The lowest BCUT2D eigenvalue weighted by molar-refractivity contribution is -0.118. The standard InChI is InChI=1S/C16H16BrN3O3/c1-22-15-8-11(9-19-18)2-7-14(15)23-10-16(21)20-13-5-3-12(17)4-6-13/h2-9H,10,18H2,1H3,(H,20,21). The number of ether oxygens (including phenoxy) is 2. The van der Waals surface area contributed by atoms with Crippen molar-refractivity contribution in [2.24, 2.45) is 10.9 Å². The van der Waals surface area contributed by atoms with Crippen molar-refractivity contribution in [3.63, 3.8) is 0 Å². The van der Waals surface area contributed by atoms with E-state index < -0.39 is 0 Å². The molecule has 23 heavy (non-hydrogen) atoms. The Bertz CT molecular complexity index is 702. The van der Waals surface area contributed by atoms with E-state index in [1.54, 1.807) is 30.3 Å².